The minimum Gasteiger partial charge on any atom is -0.486 e. The number of amides is 2. The van der Waals surface area contributed by atoms with E-state index in [1.54, 1.807) is 0 Å². The number of fused-ring (bicyclic) bond motifs is 1. The number of nitrogens with zero attached hydrogens (tertiary/aromatic N) is 2. The van der Waals surface area contributed by atoms with Crippen molar-refractivity contribution in [2.24, 2.45) is 5.92 Å². The molecule has 7 nitrogen and oxygen atoms in total. The van der Waals surface area contributed by atoms with Crippen molar-refractivity contribution < 1.29 is 19.1 Å². The number of carbonyl (C=O) groups excluding carboxylic acids is 2. The molecule has 33 heavy (non-hydrogen) atoms. The van der Waals surface area contributed by atoms with E-state index in [2.05, 4.69) is 10.3 Å². The van der Waals surface area contributed by atoms with Crippen molar-refractivity contribution in [3.63, 3.8) is 0 Å². The van der Waals surface area contributed by atoms with Crippen LogP contribution in [0, 0.1) is 5.92 Å². The van der Waals surface area contributed by atoms with Gasteiger partial charge in [0.2, 0.25) is 11.8 Å². The first-order chi connectivity index (χ1) is 16.2. The summed E-state index contributed by atoms with van der Waals surface area (Å²) in [5.41, 5.74) is 2.67. The third-order valence-electron chi connectivity index (χ3n) is 5.92. The van der Waals surface area contributed by atoms with Crippen LogP contribution in [0.2, 0.25) is 0 Å². The summed E-state index contributed by atoms with van der Waals surface area (Å²) in [6.45, 7) is 2.22. The summed E-state index contributed by atoms with van der Waals surface area (Å²) in [5, 5.41) is 5.42. The maximum Gasteiger partial charge on any atom is 0.231 e. The first kappa shape index (κ1) is 21.5. The van der Waals surface area contributed by atoms with Crippen LogP contribution in [0.3, 0.4) is 0 Å². The van der Waals surface area contributed by atoms with Gasteiger partial charge in [-0.05, 0) is 36.6 Å². The summed E-state index contributed by atoms with van der Waals surface area (Å²) in [5.74, 6) is 1.18. The van der Waals surface area contributed by atoms with Gasteiger partial charge in [-0.15, -0.1) is 11.3 Å². The zero-order chi connectivity index (χ0) is 22.6. The Balaban J connectivity index is 1.20. The molecule has 0 spiro atoms. The Morgan fingerprint density at radius 2 is 1.91 bits per heavy atom. The van der Waals surface area contributed by atoms with Crippen molar-refractivity contribution in [2.45, 2.75) is 19.3 Å². The Morgan fingerprint density at radius 3 is 2.76 bits per heavy atom. The number of thiazole rings is 1. The number of benzene rings is 2. The molecule has 0 bridgehead atoms. The van der Waals surface area contributed by atoms with Crippen LogP contribution in [0.4, 0.5) is 5.13 Å². The molecule has 2 aliphatic rings. The minimum absolute atomic E-state index is 0.0637. The molecule has 1 atom stereocenters. The highest BCUT2D eigenvalue weighted by Crippen LogP contribution is 2.35. The average molecular weight is 464 g/mol. The number of hydrogen-bond donors (Lipinski definition) is 1. The lowest BCUT2D eigenvalue weighted by molar-refractivity contribution is -0.133. The van der Waals surface area contributed by atoms with Crippen molar-refractivity contribution in [1.29, 1.82) is 0 Å². The number of anilines is 1. The monoisotopic (exact) mass is 463 g/mol. The maximum atomic E-state index is 12.9. The number of ether oxygens (including phenoxy) is 2. The number of carbonyl (C=O) groups is 2. The molecule has 1 saturated heterocycles. The summed E-state index contributed by atoms with van der Waals surface area (Å²) in [6, 6.07) is 15.4. The molecule has 0 radical (unpaired) electrons. The number of piperidine rings is 1. The second-order valence-electron chi connectivity index (χ2n) is 8.23. The number of nitrogens with one attached hydrogen (secondary N) is 1. The molecule has 2 amide bonds. The SMILES string of the molecule is O=C(Nc1nc(-c2ccc3c(c2)OCCO3)cs1)C1CCCN(C(=O)Cc2ccccc2)C1. The highest BCUT2D eigenvalue weighted by Gasteiger charge is 2.29. The molecule has 1 aromatic heterocycles. The fourth-order valence-electron chi connectivity index (χ4n) is 4.17. The Labute approximate surface area is 196 Å². The van der Waals surface area contributed by atoms with Gasteiger partial charge in [-0.3, -0.25) is 9.59 Å². The molecule has 3 heterocycles. The zero-order valence-electron chi connectivity index (χ0n) is 18.2. The zero-order valence-corrected chi connectivity index (χ0v) is 19.0. The van der Waals surface area contributed by atoms with Gasteiger partial charge in [0.25, 0.3) is 0 Å². The highest BCUT2D eigenvalue weighted by molar-refractivity contribution is 7.14. The predicted molar refractivity (Wildman–Crippen MR) is 127 cm³/mol. The predicted octanol–water partition coefficient (Wildman–Crippen LogP) is 4.00. The van der Waals surface area contributed by atoms with E-state index in [1.807, 2.05) is 58.8 Å². The van der Waals surface area contributed by atoms with Crippen LogP contribution in [0.25, 0.3) is 11.3 Å². The van der Waals surface area contributed by atoms with Crippen LogP contribution in [0.1, 0.15) is 18.4 Å². The smallest absolute Gasteiger partial charge is 0.231 e. The maximum absolute atomic E-state index is 12.9. The lowest BCUT2D eigenvalue weighted by atomic mass is 9.96. The van der Waals surface area contributed by atoms with Crippen LogP contribution in [0.15, 0.2) is 53.9 Å². The van der Waals surface area contributed by atoms with Gasteiger partial charge in [0.1, 0.15) is 13.2 Å². The fourth-order valence-corrected chi connectivity index (χ4v) is 4.90. The molecule has 3 aromatic rings. The quantitative estimate of drug-likeness (QED) is 0.619. The largest absolute Gasteiger partial charge is 0.486 e. The first-order valence-corrected chi connectivity index (χ1v) is 12.0. The lowest BCUT2D eigenvalue weighted by Gasteiger charge is -2.32. The topological polar surface area (TPSA) is 80.8 Å². The molecular weight excluding hydrogens is 438 g/mol. The van der Waals surface area contributed by atoms with Crippen LogP contribution in [-0.2, 0) is 16.0 Å². The van der Waals surface area contributed by atoms with Crippen LogP contribution >= 0.6 is 11.3 Å². The number of likely N-dealkylation sites (tertiary alicyclic amines) is 1. The standard InChI is InChI=1S/C25H25N3O4S/c29-23(13-17-5-2-1-3-6-17)28-10-4-7-19(15-28)24(30)27-25-26-20(16-33-25)18-8-9-21-22(14-18)32-12-11-31-21/h1-3,5-6,8-9,14,16,19H,4,7,10-13,15H2,(H,26,27,30). The number of hydrogen-bond acceptors (Lipinski definition) is 6. The Bertz CT molecular complexity index is 1150. The van der Waals surface area contributed by atoms with Crippen LogP contribution in [0.5, 0.6) is 11.5 Å². The molecule has 1 unspecified atom stereocenters. The highest BCUT2D eigenvalue weighted by atomic mass is 32.1. The van der Waals surface area contributed by atoms with E-state index in [-0.39, 0.29) is 17.7 Å². The van der Waals surface area contributed by atoms with Crippen molar-refractivity contribution in [1.82, 2.24) is 9.88 Å². The molecule has 1 N–H and O–H groups in total. The summed E-state index contributed by atoms with van der Waals surface area (Å²) in [4.78, 5) is 32.0. The van der Waals surface area contributed by atoms with Crippen molar-refractivity contribution >= 4 is 28.3 Å². The van der Waals surface area contributed by atoms with Crippen molar-refractivity contribution in [2.75, 3.05) is 31.6 Å². The molecule has 5 rings (SSSR count). The van der Waals surface area contributed by atoms with E-state index in [1.165, 1.54) is 11.3 Å². The molecule has 8 heteroatoms. The Hall–Kier alpha value is -3.39. The summed E-state index contributed by atoms with van der Waals surface area (Å²) in [7, 11) is 0. The van der Waals surface area contributed by atoms with Gasteiger partial charge in [0, 0.05) is 24.0 Å². The Morgan fingerprint density at radius 1 is 1.09 bits per heavy atom. The lowest BCUT2D eigenvalue weighted by Crippen LogP contribution is -2.44. The fraction of sp³-hybridized carbons (Fsp3) is 0.320. The van der Waals surface area contributed by atoms with Gasteiger partial charge in [0.05, 0.1) is 18.0 Å². The molecule has 0 aliphatic carbocycles. The number of aromatic nitrogens is 1. The third-order valence-corrected chi connectivity index (χ3v) is 6.67. The van der Waals surface area contributed by atoms with Crippen molar-refractivity contribution in [3.05, 3.63) is 59.5 Å². The van der Waals surface area contributed by atoms with Gasteiger partial charge >= 0.3 is 0 Å². The minimum atomic E-state index is -0.236. The first-order valence-electron chi connectivity index (χ1n) is 11.1. The summed E-state index contributed by atoms with van der Waals surface area (Å²) in [6.07, 6.45) is 1.95. The third kappa shape index (κ3) is 5.01. The van der Waals surface area contributed by atoms with Gasteiger partial charge in [-0.25, -0.2) is 4.98 Å². The van der Waals surface area contributed by atoms with Gasteiger partial charge in [-0.1, -0.05) is 30.3 Å². The van der Waals surface area contributed by atoms with E-state index in [0.717, 1.165) is 35.4 Å². The van der Waals surface area contributed by atoms with E-state index in [4.69, 9.17) is 9.47 Å². The number of rotatable bonds is 5. The summed E-state index contributed by atoms with van der Waals surface area (Å²) < 4.78 is 11.2. The second-order valence-corrected chi connectivity index (χ2v) is 9.08. The molecule has 2 aromatic carbocycles. The Kier molecular flexibility index (Phi) is 6.26. The normalized spacial score (nSPS) is 17.5. The molecule has 0 saturated carbocycles. The van der Waals surface area contributed by atoms with E-state index >= 15 is 0 Å². The van der Waals surface area contributed by atoms with Gasteiger partial charge in [0.15, 0.2) is 16.6 Å². The second kappa shape index (κ2) is 9.62. The molecular formula is C25H25N3O4S. The van der Waals surface area contributed by atoms with Crippen molar-refractivity contribution in [3.8, 4) is 22.8 Å². The van der Waals surface area contributed by atoms with Gasteiger partial charge < -0.3 is 19.7 Å². The van der Waals surface area contributed by atoms with Crippen LogP contribution in [-0.4, -0.2) is 48.0 Å². The molecule has 170 valence electrons. The van der Waals surface area contributed by atoms with Gasteiger partial charge in [-0.2, -0.15) is 0 Å². The van der Waals surface area contributed by atoms with E-state index in [0.29, 0.717) is 43.6 Å². The molecule has 2 aliphatic heterocycles. The van der Waals surface area contributed by atoms with E-state index < -0.39 is 0 Å². The summed E-state index contributed by atoms with van der Waals surface area (Å²) >= 11 is 1.39. The average Bonchev–Trinajstić information content (AvgIpc) is 3.33. The molecule has 1 fully saturated rings. The van der Waals surface area contributed by atoms with E-state index in [9.17, 15) is 9.59 Å². The van der Waals surface area contributed by atoms with Crippen LogP contribution < -0.4 is 14.8 Å².